The number of amides is 2. The molecule has 3 rings (SSSR count). The van der Waals surface area contributed by atoms with E-state index in [9.17, 15) is 14.0 Å². The van der Waals surface area contributed by atoms with Gasteiger partial charge < -0.3 is 10.2 Å². The highest BCUT2D eigenvalue weighted by molar-refractivity contribution is 9.10. The molecule has 6 heteroatoms. The number of carbonyl (C=O) groups is 2. The molecular weight excluding hydrogens is 375 g/mol. The maximum absolute atomic E-state index is 13.7. The third-order valence-electron chi connectivity index (χ3n) is 3.82. The van der Waals surface area contributed by atoms with Crippen molar-refractivity contribution in [3.8, 4) is 0 Å². The standard InChI is InChI=1S/C18H16BrFN2O2/c1-11(23)22(15-7-8-15)17-9-6-14(20)10-16(17)21-18(24)12-2-4-13(19)5-3-12/h2-6,9-10,15H,7-8H2,1H3,(H,21,24). The largest absolute Gasteiger partial charge is 0.320 e. The smallest absolute Gasteiger partial charge is 0.255 e. The number of hydrogen-bond acceptors (Lipinski definition) is 2. The first-order valence-electron chi connectivity index (χ1n) is 7.62. The Kier molecular flexibility index (Phi) is 4.66. The molecule has 0 aromatic heterocycles. The van der Waals surface area contributed by atoms with Crippen molar-refractivity contribution in [1.29, 1.82) is 0 Å². The molecule has 1 N–H and O–H groups in total. The topological polar surface area (TPSA) is 49.4 Å². The van der Waals surface area contributed by atoms with Gasteiger partial charge in [-0.3, -0.25) is 9.59 Å². The fraction of sp³-hybridized carbons (Fsp3) is 0.222. The lowest BCUT2D eigenvalue weighted by atomic mass is 10.2. The molecule has 0 unspecified atom stereocenters. The van der Waals surface area contributed by atoms with Crippen molar-refractivity contribution in [2.24, 2.45) is 0 Å². The highest BCUT2D eigenvalue weighted by Gasteiger charge is 2.33. The van der Waals surface area contributed by atoms with Crippen LogP contribution in [0.4, 0.5) is 15.8 Å². The van der Waals surface area contributed by atoms with Crippen molar-refractivity contribution in [1.82, 2.24) is 0 Å². The Bertz CT molecular complexity index is 788. The van der Waals surface area contributed by atoms with Crippen molar-refractivity contribution in [2.45, 2.75) is 25.8 Å². The van der Waals surface area contributed by atoms with Gasteiger partial charge in [-0.25, -0.2) is 4.39 Å². The predicted molar refractivity (Wildman–Crippen MR) is 94.7 cm³/mol. The minimum Gasteiger partial charge on any atom is -0.320 e. The van der Waals surface area contributed by atoms with Crippen LogP contribution in [0, 0.1) is 5.82 Å². The van der Waals surface area contributed by atoms with E-state index in [1.54, 1.807) is 29.2 Å². The molecule has 2 amide bonds. The number of rotatable bonds is 4. The van der Waals surface area contributed by atoms with E-state index < -0.39 is 5.82 Å². The fourth-order valence-corrected chi connectivity index (χ4v) is 2.83. The molecule has 1 saturated carbocycles. The van der Waals surface area contributed by atoms with Crippen LogP contribution in [-0.4, -0.2) is 17.9 Å². The van der Waals surface area contributed by atoms with Crippen molar-refractivity contribution < 1.29 is 14.0 Å². The van der Waals surface area contributed by atoms with Crippen LogP contribution < -0.4 is 10.2 Å². The molecule has 0 atom stereocenters. The molecule has 2 aromatic rings. The summed E-state index contributed by atoms with van der Waals surface area (Å²) in [6, 6.07) is 11.0. The number of nitrogens with one attached hydrogen (secondary N) is 1. The van der Waals surface area contributed by atoms with Crippen LogP contribution in [0.3, 0.4) is 0 Å². The average molecular weight is 391 g/mol. The minimum atomic E-state index is -0.468. The number of nitrogens with zero attached hydrogens (tertiary/aromatic N) is 1. The van der Waals surface area contributed by atoms with Gasteiger partial charge in [0.2, 0.25) is 5.91 Å². The quantitative estimate of drug-likeness (QED) is 0.842. The van der Waals surface area contributed by atoms with Crippen LogP contribution in [0.5, 0.6) is 0 Å². The Balaban J connectivity index is 1.91. The number of carbonyl (C=O) groups excluding carboxylic acids is 2. The lowest BCUT2D eigenvalue weighted by Crippen LogP contribution is -2.31. The highest BCUT2D eigenvalue weighted by Crippen LogP contribution is 2.36. The van der Waals surface area contributed by atoms with Gasteiger partial charge in [0, 0.05) is 23.0 Å². The number of benzene rings is 2. The first-order valence-corrected chi connectivity index (χ1v) is 8.41. The van der Waals surface area contributed by atoms with E-state index in [4.69, 9.17) is 0 Å². The molecular formula is C18H16BrFN2O2. The summed E-state index contributed by atoms with van der Waals surface area (Å²) in [5, 5.41) is 2.72. The van der Waals surface area contributed by atoms with Crippen LogP contribution in [0.25, 0.3) is 0 Å². The second-order valence-electron chi connectivity index (χ2n) is 5.74. The van der Waals surface area contributed by atoms with E-state index in [0.717, 1.165) is 17.3 Å². The number of anilines is 2. The lowest BCUT2D eigenvalue weighted by Gasteiger charge is -2.24. The molecule has 0 radical (unpaired) electrons. The summed E-state index contributed by atoms with van der Waals surface area (Å²) in [5.74, 6) is -0.943. The van der Waals surface area contributed by atoms with Gasteiger partial charge in [-0.05, 0) is 55.3 Å². The van der Waals surface area contributed by atoms with Crippen molar-refractivity contribution in [2.75, 3.05) is 10.2 Å². The molecule has 0 aliphatic heterocycles. The first-order chi connectivity index (χ1) is 11.5. The van der Waals surface area contributed by atoms with E-state index in [1.807, 2.05) is 0 Å². The second kappa shape index (κ2) is 6.73. The molecule has 1 fully saturated rings. The van der Waals surface area contributed by atoms with Gasteiger partial charge in [-0.2, -0.15) is 0 Å². The summed E-state index contributed by atoms with van der Waals surface area (Å²) in [5.41, 5.74) is 1.27. The van der Waals surface area contributed by atoms with Crippen LogP contribution >= 0.6 is 15.9 Å². The summed E-state index contributed by atoms with van der Waals surface area (Å²) in [4.78, 5) is 26.0. The molecule has 24 heavy (non-hydrogen) atoms. The first kappa shape index (κ1) is 16.6. The van der Waals surface area contributed by atoms with Crippen LogP contribution in [0.1, 0.15) is 30.1 Å². The van der Waals surface area contributed by atoms with Crippen molar-refractivity contribution in [3.05, 3.63) is 58.3 Å². The molecule has 0 heterocycles. The Morgan fingerprint density at radius 3 is 2.42 bits per heavy atom. The van der Waals surface area contributed by atoms with Gasteiger partial charge in [-0.15, -0.1) is 0 Å². The second-order valence-corrected chi connectivity index (χ2v) is 6.66. The monoisotopic (exact) mass is 390 g/mol. The maximum Gasteiger partial charge on any atom is 0.255 e. The Morgan fingerprint density at radius 2 is 1.83 bits per heavy atom. The van der Waals surface area contributed by atoms with E-state index in [-0.39, 0.29) is 17.9 Å². The molecule has 1 aliphatic rings. The fourth-order valence-electron chi connectivity index (χ4n) is 2.57. The van der Waals surface area contributed by atoms with Gasteiger partial charge >= 0.3 is 0 Å². The molecule has 2 aromatic carbocycles. The molecule has 1 aliphatic carbocycles. The van der Waals surface area contributed by atoms with Gasteiger partial charge in [0.25, 0.3) is 5.91 Å². The van der Waals surface area contributed by atoms with Gasteiger partial charge in [-0.1, -0.05) is 15.9 Å². The molecule has 0 bridgehead atoms. The van der Waals surface area contributed by atoms with Crippen molar-refractivity contribution >= 4 is 39.1 Å². The third-order valence-corrected chi connectivity index (χ3v) is 4.35. The predicted octanol–water partition coefficient (Wildman–Crippen LogP) is 4.36. The molecule has 124 valence electrons. The summed E-state index contributed by atoms with van der Waals surface area (Å²) in [6.45, 7) is 1.47. The van der Waals surface area contributed by atoms with E-state index in [0.29, 0.717) is 16.9 Å². The molecule has 4 nitrogen and oxygen atoms in total. The third kappa shape index (κ3) is 3.64. The van der Waals surface area contributed by atoms with Gasteiger partial charge in [0.15, 0.2) is 0 Å². The lowest BCUT2D eigenvalue weighted by molar-refractivity contribution is -0.116. The summed E-state index contributed by atoms with van der Waals surface area (Å²) < 4.78 is 14.5. The Labute approximate surface area is 147 Å². The van der Waals surface area contributed by atoms with Crippen LogP contribution in [-0.2, 0) is 4.79 Å². The molecule has 0 saturated heterocycles. The van der Waals surface area contributed by atoms with Crippen molar-refractivity contribution in [3.63, 3.8) is 0 Å². The van der Waals surface area contributed by atoms with E-state index >= 15 is 0 Å². The SMILES string of the molecule is CC(=O)N(c1ccc(F)cc1NC(=O)c1ccc(Br)cc1)C1CC1. The Morgan fingerprint density at radius 1 is 1.17 bits per heavy atom. The number of hydrogen-bond donors (Lipinski definition) is 1. The molecule has 0 spiro atoms. The zero-order chi connectivity index (χ0) is 17.3. The van der Waals surface area contributed by atoms with Crippen LogP contribution in [0.2, 0.25) is 0 Å². The Hall–Kier alpha value is -2.21. The number of halogens is 2. The minimum absolute atomic E-state index is 0.122. The zero-order valence-electron chi connectivity index (χ0n) is 13.1. The van der Waals surface area contributed by atoms with Crippen LogP contribution in [0.15, 0.2) is 46.9 Å². The summed E-state index contributed by atoms with van der Waals surface area (Å²) in [7, 11) is 0. The van der Waals surface area contributed by atoms with E-state index in [2.05, 4.69) is 21.2 Å². The average Bonchev–Trinajstić information content (AvgIpc) is 3.35. The summed E-state index contributed by atoms with van der Waals surface area (Å²) >= 11 is 3.31. The van der Waals surface area contributed by atoms with Gasteiger partial charge in [0.05, 0.1) is 11.4 Å². The zero-order valence-corrected chi connectivity index (χ0v) is 14.6. The maximum atomic E-state index is 13.7. The normalized spacial score (nSPS) is 13.5. The van der Waals surface area contributed by atoms with E-state index in [1.165, 1.54) is 25.1 Å². The van der Waals surface area contributed by atoms with Gasteiger partial charge in [0.1, 0.15) is 5.82 Å². The highest BCUT2D eigenvalue weighted by atomic mass is 79.9. The summed E-state index contributed by atoms with van der Waals surface area (Å²) in [6.07, 6.45) is 1.83.